The molecule has 0 saturated heterocycles. The summed E-state index contributed by atoms with van der Waals surface area (Å²) >= 11 is 8.37. The fraction of sp³-hybridized carbons (Fsp3) is 0.100. The summed E-state index contributed by atoms with van der Waals surface area (Å²) in [4.78, 5) is 10.7. The van der Waals surface area contributed by atoms with Gasteiger partial charge in [0.1, 0.15) is 17.4 Å². The summed E-state index contributed by atoms with van der Waals surface area (Å²) in [5.41, 5.74) is 1.97. The molecule has 0 spiro atoms. The van der Waals surface area contributed by atoms with E-state index in [0.29, 0.717) is 21.4 Å². The van der Waals surface area contributed by atoms with Crippen LogP contribution in [0, 0.1) is 0 Å². The van der Waals surface area contributed by atoms with Gasteiger partial charge in [0.25, 0.3) is 0 Å². The first-order valence-electron chi connectivity index (χ1n) is 5.32. The number of thioether (sulfide) groups is 1. The van der Waals surface area contributed by atoms with Gasteiger partial charge in [-0.1, -0.05) is 23.4 Å². The highest BCUT2D eigenvalue weighted by molar-refractivity contribution is 7.99. The van der Waals surface area contributed by atoms with Crippen LogP contribution in [0.4, 0.5) is 0 Å². The molecule has 7 nitrogen and oxygen atoms in total. The molecule has 0 saturated carbocycles. The fourth-order valence-corrected chi connectivity index (χ4v) is 3.06. The van der Waals surface area contributed by atoms with Gasteiger partial charge in [-0.05, 0) is 12.1 Å². The molecule has 0 radical (unpaired) electrons. The average Bonchev–Trinajstić information content (AvgIpc) is 3.04. The number of aromatic nitrogens is 5. The molecule has 102 valence electrons. The van der Waals surface area contributed by atoms with Crippen molar-refractivity contribution in [1.29, 1.82) is 0 Å². The van der Waals surface area contributed by atoms with Gasteiger partial charge >= 0.3 is 5.97 Å². The summed E-state index contributed by atoms with van der Waals surface area (Å²) < 4.78 is 9.99. The van der Waals surface area contributed by atoms with Crippen molar-refractivity contribution < 1.29 is 9.90 Å². The highest BCUT2D eigenvalue weighted by atomic mass is 35.5. The van der Waals surface area contributed by atoms with E-state index in [9.17, 15) is 4.79 Å². The summed E-state index contributed by atoms with van der Waals surface area (Å²) in [6.45, 7) is 0. The molecule has 2 heterocycles. The Balaban J connectivity index is 2.11. The van der Waals surface area contributed by atoms with Crippen LogP contribution < -0.4 is 0 Å². The molecule has 0 bridgehead atoms. The Morgan fingerprint density at radius 3 is 3.10 bits per heavy atom. The predicted molar refractivity (Wildman–Crippen MR) is 75.7 cm³/mol. The molecule has 20 heavy (non-hydrogen) atoms. The van der Waals surface area contributed by atoms with Gasteiger partial charge in [-0.25, -0.2) is 0 Å². The lowest BCUT2D eigenvalue weighted by Gasteiger charge is -2.07. The van der Waals surface area contributed by atoms with E-state index < -0.39 is 5.97 Å². The maximum absolute atomic E-state index is 10.7. The monoisotopic (exact) mass is 327 g/mol. The number of carbonyl (C=O) groups is 1. The van der Waals surface area contributed by atoms with Crippen LogP contribution in [0.5, 0.6) is 0 Å². The second-order valence-electron chi connectivity index (χ2n) is 3.69. The predicted octanol–water partition coefficient (Wildman–Crippen LogP) is 2.10. The van der Waals surface area contributed by atoms with Crippen LogP contribution in [-0.4, -0.2) is 40.3 Å². The van der Waals surface area contributed by atoms with E-state index in [-0.39, 0.29) is 5.75 Å². The molecule has 0 unspecified atom stereocenters. The van der Waals surface area contributed by atoms with E-state index in [4.69, 9.17) is 16.7 Å². The van der Waals surface area contributed by atoms with Crippen LogP contribution >= 0.6 is 35.1 Å². The molecule has 0 aliphatic heterocycles. The third-order valence-corrected chi connectivity index (χ3v) is 4.21. The Labute approximate surface area is 125 Å². The third-order valence-electron chi connectivity index (χ3n) is 2.43. The summed E-state index contributed by atoms with van der Waals surface area (Å²) in [5, 5.41) is 17.4. The normalized spacial score (nSPS) is 11.1. The smallest absolute Gasteiger partial charge is 0.313 e. The summed E-state index contributed by atoms with van der Waals surface area (Å²) in [7, 11) is 0. The summed E-state index contributed by atoms with van der Waals surface area (Å²) in [5.74, 6) is -1.04. The standard InChI is InChI=1S/C10H6ClN5O2S2/c11-5-1-2-6-8(15-20-14-6)9(5)16-4-12-13-10(16)19-3-7(17)18/h1-2,4H,3H2,(H,17,18). The minimum Gasteiger partial charge on any atom is -0.481 e. The topological polar surface area (TPSA) is 93.8 Å². The Kier molecular flexibility index (Phi) is 3.55. The molecule has 10 heteroatoms. The first-order valence-corrected chi connectivity index (χ1v) is 7.42. The van der Waals surface area contributed by atoms with Gasteiger partial charge < -0.3 is 5.11 Å². The van der Waals surface area contributed by atoms with Crippen LogP contribution in [0.1, 0.15) is 0 Å². The number of hydrogen-bond acceptors (Lipinski definition) is 7. The number of benzene rings is 1. The van der Waals surface area contributed by atoms with Crippen molar-refractivity contribution >= 4 is 52.1 Å². The number of aliphatic carboxylic acids is 1. The highest BCUT2D eigenvalue weighted by Crippen LogP contribution is 2.31. The fourth-order valence-electron chi connectivity index (χ4n) is 1.64. The van der Waals surface area contributed by atoms with Crippen molar-refractivity contribution in [2.75, 3.05) is 5.75 Å². The van der Waals surface area contributed by atoms with E-state index in [0.717, 1.165) is 29.0 Å². The zero-order valence-corrected chi connectivity index (χ0v) is 12.1. The van der Waals surface area contributed by atoms with Gasteiger partial charge in [0, 0.05) is 0 Å². The molecule has 2 aromatic heterocycles. The molecule has 3 aromatic rings. The number of carboxylic acid groups (broad SMARTS) is 1. The molecule has 3 rings (SSSR count). The van der Waals surface area contributed by atoms with E-state index in [2.05, 4.69) is 18.9 Å². The Bertz CT molecular complexity index is 787. The average molecular weight is 328 g/mol. The number of carboxylic acids is 1. The maximum Gasteiger partial charge on any atom is 0.313 e. The van der Waals surface area contributed by atoms with E-state index in [1.807, 2.05) is 0 Å². The molecule has 0 fully saturated rings. The Morgan fingerprint density at radius 1 is 1.45 bits per heavy atom. The first kappa shape index (κ1) is 13.3. The van der Waals surface area contributed by atoms with Gasteiger partial charge in [0.15, 0.2) is 5.16 Å². The van der Waals surface area contributed by atoms with Gasteiger partial charge in [-0.3, -0.25) is 9.36 Å². The van der Waals surface area contributed by atoms with E-state index in [1.165, 1.54) is 6.33 Å². The number of rotatable bonds is 4. The minimum atomic E-state index is -0.927. The summed E-state index contributed by atoms with van der Waals surface area (Å²) in [6, 6.07) is 3.49. The highest BCUT2D eigenvalue weighted by Gasteiger charge is 2.16. The maximum atomic E-state index is 10.7. The lowest BCUT2D eigenvalue weighted by atomic mass is 10.2. The van der Waals surface area contributed by atoms with Crippen LogP contribution in [0.3, 0.4) is 0 Å². The molecule has 1 N–H and O–H groups in total. The van der Waals surface area contributed by atoms with Gasteiger partial charge in [0.05, 0.1) is 28.2 Å². The van der Waals surface area contributed by atoms with Crippen molar-refractivity contribution in [2.24, 2.45) is 0 Å². The zero-order valence-electron chi connectivity index (χ0n) is 9.73. The van der Waals surface area contributed by atoms with Crippen LogP contribution in [0.2, 0.25) is 5.02 Å². The number of hydrogen-bond donors (Lipinski definition) is 1. The molecule has 0 aliphatic rings. The van der Waals surface area contributed by atoms with E-state index >= 15 is 0 Å². The molecule has 0 aliphatic carbocycles. The second-order valence-corrected chi connectivity index (χ2v) is 5.57. The Hall–Kier alpha value is -1.71. The van der Waals surface area contributed by atoms with Crippen LogP contribution in [0.25, 0.3) is 16.7 Å². The minimum absolute atomic E-state index is 0.110. The zero-order chi connectivity index (χ0) is 14.1. The number of halogens is 1. The van der Waals surface area contributed by atoms with Crippen molar-refractivity contribution in [3.63, 3.8) is 0 Å². The molecule has 1 aromatic carbocycles. The van der Waals surface area contributed by atoms with Gasteiger partial charge in [0.2, 0.25) is 0 Å². The number of fused-ring (bicyclic) bond motifs is 1. The lowest BCUT2D eigenvalue weighted by Crippen LogP contribution is -2.02. The van der Waals surface area contributed by atoms with Crippen LogP contribution in [-0.2, 0) is 4.79 Å². The second kappa shape index (κ2) is 5.35. The largest absolute Gasteiger partial charge is 0.481 e. The van der Waals surface area contributed by atoms with Gasteiger partial charge in [-0.2, -0.15) is 8.75 Å². The first-order chi connectivity index (χ1) is 9.66. The molecular formula is C10H6ClN5O2S2. The summed E-state index contributed by atoms with van der Waals surface area (Å²) in [6.07, 6.45) is 1.48. The Morgan fingerprint density at radius 2 is 2.30 bits per heavy atom. The van der Waals surface area contributed by atoms with Gasteiger partial charge in [-0.15, -0.1) is 10.2 Å². The molecule has 0 amide bonds. The van der Waals surface area contributed by atoms with Crippen LogP contribution in [0.15, 0.2) is 23.6 Å². The SMILES string of the molecule is O=C(O)CSc1nncn1-c1c(Cl)ccc2nsnc12. The lowest BCUT2D eigenvalue weighted by molar-refractivity contribution is -0.133. The van der Waals surface area contributed by atoms with Crippen molar-refractivity contribution in [3.05, 3.63) is 23.5 Å². The van der Waals surface area contributed by atoms with E-state index in [1.54, 1.807) is 16.7 Å². The molecular weight excluding hydrogens is 322 g/mol. The van der Waals surface area contributed by atoms with Crippen molar-refractivity contribution in [2.45, 2.75) is 5.16 Å². The third kappa shape index (κ3) is 2.35. The van der Waals surface area contributed by atoms with Crippen molar-refractivity contribution in [1.82, 2.24) is 23.5 Å². The quantitative estimate of drug-likeness (QED) is 0.733. The van der Waals surface area contributed by atoms with Crippen molar-refractivity contribution in [3.8, 4) is 5.69 Å². The number of nitrogens with zero attached hydrogens (tertiary/aromatic N) is 5. The molecule has 0 atom stereocenters.